The molecule has 8 nitrogen and oxygen atoms in total. The first kappa shape index (κ1) is 28.6. The third-order valence-corrected chi connectivity index (χ3v) is 11.1. The normalized spacial score (nSPS) is 25.6. The maximum Gasteiger partial charge on any atom is 0.312 e. The van der Waals surface area contributed by atoms with E-state index in [1.165, 1.54) is 30.5 Å². The summed E-state index contributed by atoms with van der Waals surface area (Å²) in [7, 11) is -2.95. The number of nitrogens with zero attached hydrogens (tertiary/aromatic N) is 4. The zero-order valence-electron chi connectivity index (χ0n) is 23.1. The number of carbonyl (C=O) groups is 2. The van der Waals surface area contributed by atoms with Crippen LogP contribution >= 0.6 is 0 Å². The number of benzene rings is 1. The summed E-state index contributed by atoms with van der Waals surface area (Å²) in [6.07, 6.45) is 1.55. The second-order valence-electron chi connectivity index (χ2n) is 11.6. The number of pyridine rings is 1. The summed E-state index contributed by atoms with van der Waals surface area (Å²) < 4.78 is 39.0. The Balaban J connectivity index is 1.76. The van der Waals surface area contributed by atoms with Crippen molar-refractivity contribution in [1.29, 1.82) is 5.26 Å². The lowest BCUT2D eigenvalue weighted by Crippen LogP contribution is -2.56. The molecule has 3 atom stereocenters. The molecule has 2 aromatic rings. The number of ether oxygens (including phenoxy) is 1. The fourth-order valence-electron chi connectivity index (χ4n) is 5.29. The molecule has 0 spiro atoms. The molecular formula is C29H33FN4O4S. The van der Waals surface area contributed by atoms with Gasteiger partial charge in [-0.25, -0.2) is 13.0 Å². The Kier molecular flexibility index (Phi) is 7.28. The minimum Gasteiger partial charge on any atom is -0.460 e. The summed E-state index contributed by atoms with van der Waals surface area (Å²) in [5, 5.41) is 8.38. The van der Waals surface area contributed by atoms with Crippen LogP contribution in [0.1, 0.15) is 81.6 Å². The molecule has 0 radical (unpaired) electrons. The molecule has 10 heteroatoms. The average Bonchev–Trinajstić information content (AvgIpc) is 3.27. The van der Waals surface area contributed by atoms with E-state index in [1.807, 2.05) is 6.07 Å². The van der Waals surface area contributed by atoms with Gasteiger partial charge in [-0.3, -0.25) is 19.6 Å². The van der Waals surface area contributed by atoms with Crippen molar-refractivity contribution in [3.8, 4) is 6.07 Å². The lowest BCUT2D eigenvalue weighted by atomic mass is 9.84. The monoisotopic (exact) mass is 552 g/mol. The van der Waals surface area contributed by atoms with Gasteiger partial charge in [-0.15, -0.1) is 0 Å². The highest BCUT2D eigenvalue weighted by molar-refractivity contribution is 7.96. The standard InChI is InChI=1S/C29H33FN4O4S/c1-27(2,3)38-26(36)15-24-28(4,5)39(37)25(11-12-33-39)29(6,34-24)20-13-18(7-9-21(20)30)14-23(35)22-10-8-19(16-31)17-32-22/h7-10,13,17,25H,11-12,14-15H2,1-6H3/t25-,29+,39+/m0/s1. The predicted octanol–water partition coefficient (Wildman–Crippen LogP) is 4.94. The number of aromatic nitrogens is 1. The van der Waals surface area contributed by atoms with Gasteiger partial charge in [0.15, 0.2) is 5.78 Å². The van der Waals surface area contributed by atoms with Crippen LogP contribution < -0.4 is 0 Å². The van der Waals surface area contributed by atoms with E-state index in [9.17, 15) is 13.8 Å². The molecule has 0 saturated carbocycles. The third kappa shape index (κ3) is 5.24. The summed E-state index contributed by atoms with van der Waals surface area (Å²) in [4.78, 5) is 34.7. The molecule has 2 aliphatic heterocycles. The van der Waals surface area contributed by atoms with Crippen molar-refractivity contribution in [2.45, 2.75) is 81.9 Å². The van der Waals surface area contributed by atoms with E-state index in [4.69, 9.17) is 15.0 Å². The van der Waals surface area contributed by atoms with Crippen molar-refractivity contribution in [3.63, 3.8) is 0 Å². The molecule has 0 bridgehead atoms. The van der Waals surface area contributed by atoms with Gasteiger partial charge in [0, 0.05) is 30.4 Å². The van der Waals surface area contributed by atoms with E-state index < -0.39 is 42.7 Å². The van der Waals surface area contributed by atoms with Gasteiger partial charge in [0.2, 0.25) is 0 Å². The lowest BCUT2D eigenvalue weighted by Gasteiger charge is -2.46. The van der Waals surface area contributed by atoms with Gasteiger partial charge in [0.1, 0.15) is 28.7 Å². The molecule has 0 fully saturated rings. The molecule has 2 aliphatic rings. The molecule has 0 aliphatic carbocycles. The number of ketones is 1. The van der Waals surface area contributed by atoms with Crippen molar-refractivity contribution < 1.29 is 22.9 Å². The van der Waals surface area contributed by atoms with E-state index in [0.29, 0.717) is 29.8 Å². The Morgan fingerprint density at radius 2 is 1.90 bits per heavy atom. The molecule has 1 aromatic carbocycles. The number of aliphatic imine (C=N–C) groups is 1. The van der Waals surface area contributed by atoms with E-state index in [1.54, 1.807) is 47.6 Å². The Morgan fingerprint density at radius 1 is 1.18 bits per heavy atom. The van der Waals surface area contributed by atoms with Crippen molar-refractivity contribution in [2.75, 3.05) is 6.54 Å². The Bertz CT molecular complexity index is 1530. The number of fused-ring (bicyclic) bond motifs is 1. The summed E-state index contributed by atoms with van der Waals surface area (Å²) in [5.41, 5.74) is -0.353. The minimum absolute atomic E-state index is 0.0490. The number of Topliss-reactive ketones (excluding diaryl/α,β-unsaturated/α-hetero) is 1. The minimum atomic E-state index is -2.95. The van der Waals surface area contributed by atoms with Gasteiger partial charge in [-0.05, 0) is 77.8 Å². The Hall–Kier alpha value is -3.45. The smallest absolute Gasteiger partial charge is 0.312 e. The number of esters is 1. The largest absolute Gasteiger partial charge is 0.460 e. The first-order valence-electron chi connectivity index (χ1n) is 12.8. The Labute approximate surface area is 228 Å². The van der Waals surface area contributed by atoms with Crippen molar-refractivity contribution in [1.82, 2.24) is 4.98 Å². The van der Waals surface area contributed by atoms with E-state index in [2.05, 4.69) is 9.35 Å². The molecule has 3 heterocycles. The van der Waals surface area contributed by atoms with E-state index in [-0.39, 0.29) is 29.9 Å². The summed E-state index contributed by atoms with van der Waals surface area (Å²) in [5.74, 6) is -1.34. The van der Waals surface area contributed by atoms with Crippen LogP contribution in [0.5, 0.6) is 0 Å². The number of nitriles is 1. The fraction of sp³-hybridized carbons (Fsp3) is 0.483. The number of halogens is 1. The molecule has 4 rings (SSSR count). The van der Waals surface area contributed by atoms with Crippen LogP contribution in [0.25, 0.3) is 0 Å². The Morgan fingerprint density at radius 3 is 2.51 bits per heavy atom. The number of rotatable bonds is 6. The lowest BCUT2D eigenvalue weighted by molar-refractivity contribution is -0.153. The van der Waals surface area contributed by atoms with E-state index in [0.717, 1.165) is 0 Å². The maximum absolute atomic E-state index is 15.5. The molecule has 0 saturated heterocycles. The number of hydrogen-bond acceptors (Lipinski definition) is 8. The number of hydrogen-bond donors (Lipinski definition) is 0. The molecule has 39 heavy (non-hydrogen) atoms. The molecule has 0 N–H and O–H groups in total. The molecule has 206 valence electrons. The zero-order chi connectivity index (χ0) is 28.8. The van der Waals surface area contributed by atoms with Gasteiger partial charge >= 0.3 is 5.97 Å². The second-order valence-corrected chi connectivity index (χ2v) is 14.6. The summed E-state index contributed by atoms with van der Waals surface area (Å²) >= 11 is 0. The van der Waals surface area contributed by atoms with Crippen LogP contribution in [-0.2, 0) is 31.2 Å². The van der Waals surface area contributed by atoms with Crippen molar-refractivity contribution >= 4 is 27.2 Å². The first-order valence-corrected chi connectivity index (χ1v) is 14.4. The summed E-state index contributed by atoms with van der Waals surface area (Å²) in [6, 6.07) is 9.36. The molecule has 0 amide bonds. The quantitative estimate of drug-likeness (QED) is 0.370. The highest BCUT2D eigenvalue weighted by Gasteiger charge is 2.57. The van der Waals surface area contributed by atoms with Gasteiger partial charge < -0.3 is 4.74 Å². The van der Waals surface area contributed by atoms with Crippen LogP contribution in [0, 0.1) is 17.1 Å². The SMILES string of the molecule is CC(C)(C)OC(=O)CC1=N[C@](C)(c2cc(CC(=O)c3ccc(C#N)cn3)ccc2F)[C@@H]2CCN=[S@]2(=O)C1(C)C. The third-order valence-electron chi connectivity index (χ3n) is 7.33. The summed E-state index contributed by atoms with van der Waals surface area (Å²) in [6.45, 7) is 10.9. The number of carbonyl (C=O) groups excluding carboxylic acids is 2. The van der Waals surface area contributed by atoms with E-state index >= 15 is 4.39 Å². The molecule has 1 aromatic heterocycles. The predicted molar refractivity (Wildman–Crippen MR) is 147 cm³/mol. The van der Waals surface area contributed by atoms with Gasteiger partial charge in [0.05, 0.1) is 31.7 Å². The topological polar surface area (TPSA) is 122 Å². The van der Waals surface area contributed by atoms with Crippen LogP contribution in [0.3, 0.4) is 0 Å². The van der Waals surface area contributed by atoms with Gasteiger partial charge in [0.25, 0.3) is 0 Å². The second kappa shape index (κ2) is 9.94. The fourth-order valence-corrected chi connectivity index (χ4v) is 8.56. The molecular weight excluding hydrogens is 519 g/mol. The van der Waals surface area contributed by atoms with Gasteiger partial charge in [-0.2, -0.15) is 5.26 Å². The van der Waals surface area contributed by atoms with Gasteiger partial charge in [-0.1, -0.05) is 6.07 Å². The van der Waals surface area contributed by atoms with Crippen LogP contribution in [0.4, 0.5) is 4.39 Å². The zero-order valence-corrected chi connectivity index (χ0v) is 23.9. The highest BCUT2D eigenvalue weighted by Crippen LogP contribution is 2.49. The van der Waals surface area contributed by atoms with Crippen molar-refractivity contribution in [2.24, 2.45) is 9.36 Å². The maximum atomic E-state index is 15.5. The molecule has 0 unspecified atom stereocenters. The van der Waals surface area contributed by atoms with Crippen molar-refractivity contribution in [3.05, 3.63) is 64.7 Å². The highest BCUT2D eigenvalue weighted by atomic mass is 32.2. The van der Waals surface area contributed by atoms with Crippen LogP contribution in [0.15, 0.2) is 45.9 Å². The average molecular weight is 553 g/mol. The first-order chi connectivity index (χ1) is 18.1. The van der Waals surface area contributed by atoms with Crippen LogP contribution in [0.2, 0.25) is 0 Å². The van der Waals surface area contributed by atoms with Crippen LogP contribution in [-0.4, -0.2) is 48.8 Å².